The van der Waals surface area contributed by atoms with E-state index in [1.807, 2.05) is 31.2 Å². The van der Waals surface area contributed by atoms with E-state index in [0.717, 1.165) is 30.4 Å². The van der Waals surface area contributed by atoms with Crippen molar-refractivity contribution in [2.24, 2.45) is 0 Å². The molecule has 1 N–H and O–H groups in total. The Balaban J connectivity index is 1.81. The number of piperidine rings is 1. The number of methoxy groups -OCH3 is 1. The lowest BCUT2D eigenvalue weighted by molar-refractivity contribution is -0.0808. The number of carbonyl (C=O) groups excluding carboxylic acids is 1. The van der Waals surface area contributed by atoms with E-state index in [1.54, 1.807) is 4.90 Å². The van der Waals surface area contributed by atoms with Crippen molar-refractivity contribution >= 4 is 6.09 Å². The summed E-state index contributed by atoms with van der Waals surface area (Å²) in [6.07, 6.45) is 3.58. The molecule has 2 aliphatic rings. The van der Waals surface area contributed by atoms with E-state index in [4.69, 9.17) is 4.74 Å². The summed E-state index contributed by atoms with van der Waals surface area (Å²) in [6.45, 7) is 2.52. The first kappa shape index (κ1) is 15.9. The van der Waals surface area contributed by atoms with Crippen LogP contribution in [0.1, 0.15) is 43.2 Å². The molecule has 4 nitrogen and oxygen atoms in total. The van der Waals surface area contributed by atoms with Crippen molar-refractivity contribution in [1.29, 1.82) is 0 Å². The molecule has 1 heterocycles. The summed E-state index contributed by atoms with van der Waals surface area (Å²) in [4.78, 5) is 13.8. The molecular weight excluding hydrogens is 290 g/mol. The summed E-state index contributed by atoms with van der Waals surface area (Å²) >= 11 is 0. The summed E-state index contributed by atoms with van der Waals surface area (Å²) in [5, 5.41) is 10.9. The van der Waals surface area contributed by atoms with E-state index in [1.165, 1.54) is 7.11 Å². The van der Waals surface area contributed by atoms with Gasteiger partial charge in [-0.2, -0.15) is 0 Å². The second kappa shape index (κ2) is 5.90. The number of aliphatic hydroxyl groups is 1. The van der Waals surface area contributed by atoms with Crippen molar-refractivity contribution in [3.8, 4) is 11.8 Å². The summed E-state index contributed by atoms with van der Waals surface area (Å²) in [5.41, 5.74) is 0.757. The van der Waals surface area contributed by atoms with E-state index in [9.17, 15) is 9.90 Å². The smallest absolute Gasteiger partial charge is 0.409 e. The quantitative estimate of drug-likeness (QED) is 0.749. The van der Waals surface area contributed by atoms with Crippen LogP contribution in [0.25, 0.3) is 0 Å². The normalized spacial score (nSPS) is 25.3. The molecular formula is C19H23NO3. The molecule has 1 aliphatic carbocycles. The first-order valence-corrected chi connectivity index (χ1v) is 8.14. The third-order valence-electron chi connectivity index (χ3n) is 5.08. The molecule has 0 bridgehead atoms. The average molecular weight is 313 g/mol. The molecule has 1 aromatic rings. The molecule has 0 aromatic heterocycles. The Morgan fingerprint density at radius 2 is 2.13 bits per heavy atom. The van der Waals surface area contributed by atoms with Crippen LogP contribution >= 0.6 is 0 Å². The number of rotatable bonds is 0. The lowest BCUT2D eigenvalue weighted by Gasteiger charge is -2.55. The molecule has 3 rings (SSSR count). The minimum absolute atomic E-state index is 0.276. The van der Waals surface area contributed by atoms with Gasteiger partial charge in [0.1, 0.15) is 5.60 Å². The largest absolute Gasteiger partial charge is 0.453 e. The second-order valence-electron chi connectivity index (χ2n) is 6.78. The van der Waals surface area contributed by atoms with Crippen molar-refractivity contribution in [2.75, 3.05) is 13.7 Å². The molecule has 1 saturated carbocycles. The Kier molecular flexibility index (Phi) is 4.08. The Bertz CT molecular complexity index is 669. The fourth-order valence-electron chi connectivity index (χ4n) is 3.71. The van der Waals surface area contributed by atoms with Crippen LogP contribution in [0.4, 0.5) is 4.79 Å². The topological polar surface area (TPSA) is 49.8 Å². The summed E-state index contributed by atoms with van der Waals surface area (Å²) in [6, 6.07) is 7.96. The molecule has 4 heteroatoms. The predicted octanol–water partition coefficient (Wildman–Crippen LogP) is 2.86. The van der Waals surface area contributed by atoms with Crippen LogP contribution in [0.3, 0.4) is 0 Å². The van der Waals surface area contributed by atoms with Gasteiger partial charge in [0.25, 0.3) is 0 Å². The van der Waals surface area contributed by atoms with E-state index >= 15 is 0 Å². The van der Waals surface area contributed by atoms with Gasteiger partial charge >= 0.3 is 6.09 Å². The van der Waals surface area contributed by atoms with Gasteiger partial charge in [0.05, 0.1) is 7.11 Å². The average Bonchev–Trinajstić information content (AvgIpc) is 2.51. The molecule has 23 heavy (non-hydrogen) atoms. The minimum atomic E-state index is -1.03. The number of ether oxygens (including phenoxy) is 1. The maximum atomic E-state index is 12.0. The van der Waals surface area contributed by atoms with Crippen LogP contribution in [-0.4, -0.2) is 40.9 Å². The van der Waals surface area contributed by atoms with E-state index in [-0.39, 0.29) is 11.6 Å². The van der Waals surface area contributed by atoms with Gasteiger partial charge in [0.2, 0.25) is 0 Å². The van der Waals surface area contributed by atoms with Crippen molar-refractivity contribution in [3.05, 3.63) is 35.4 Å². The third kappa shape index (κ3) is 3.07. The Morgan fingerprint density at radius 1 is 1.35 bits per heavy atom. The number of carbonyl (C=O) groups is 1. The zero-order valence-corrected chi connectivity index (χ0v) is 13.8. The maximum absolute atomic E-state index is 12.0. The van der Waals surface area contributed by atoms with Gasteiger partial charge in [-0.25, -0.2) is 4.79 Å². The fraction of sp³-hybridized carbons (Fsp3) is 0.526. The zero-order valence-electron chi connectivity index (χ0n) is 13.8. The van der Waals surface area contributed by atoms with Crippen LogP contribution < -0.4 is 0 Å². The van der Waals surface area contributed by atoms with Crippen molar-refractivity contribution in [1.82, 2.24) is 4.90 Å². The highest BCUT2D eigenvalue weighted by Crippen LogP contribution is 2.47. The number of benzene rings is 1. The molecule has 1 aliphatic heterocycles. The summed E-state index contributed by atoms with van der Waals surface area (Å²) < 4.78 is 4.90. The van der Waals surface area contributed by atoms with Crippen LogP contribution in [0, 0.1) is 18.8 Å². The molecule has 1 spiro atoms. The molecule has 1 saturated heterocycles. The SMILES string of the molecule is COC(=O)N1CCC(O)(C#Cc2cccc(C)c2)CC12CCC2. The predicted molar refractivity (Wildman–Crippen MR) is 87.9 cm³/mol. The highest BCUT2D eigenvalue weighted by atomic mass is 16.5. The van der Waals surface area contributed by atoms with E-state index in [2.05, 4.69) is 11.8 Å². The number of hydrogen-bond acceptors (Lipinski definition) is 3. The van der Waals surface area contributed by atoms with E-state index < -0.39 is 5.60 Å². The first-order chi connectivity index (χ1) is 11.0. The van der Waals surface area contributed by atoms with Crippen molar-refractivity contribution in [2.45, 2.75) is 50.2 Å². The molecule has 2 fully saturated rings. The number of nitrogens with zero attached hydrogens (tertiary/aromatic N) is 1. The van der Waals surface area contributed by atoms with Gasteiger partial charge in [0, 0.05) is 30.5 Å². The van der Waals surface area contributed by atoms with Crippen LogP contribution in [-0.2, 0) is 4.74 Å². The van der Waals surface area contributed by atoms with Crippen LogP contribution in [0.2, 0.25) is 0 Å². The minimum Gasteiger partial charge on any atom is -0.453 e. The van der Waals surface area contributed by atoms with Gasteiger partial charge in [-0.3, -0.25) is 0 Å². The van der Waals surface area contributed by atoms with Gasteiger partial charge < -0.3 is 14.7 Å². The van der Waals surface area contributed by atoms with Crippen molar-refractivity contribution < 1.29 is 14.6 Å². The summed E-state index contributed by atoms with van der Waals surface area (Å²) in [5.74, 6) is 6.17. The molecule has 1 aromatic carbocycles. The molecule has 0 radical (unpaired) electrons. The lowest BCUT2D eigenvalue weighted by atomic mass is 9.66. The monoisotopic (exact) mass is 313 g/mol. The second-order valence-corrected chi connectivity index (χ2v) is 6.78. The molecule has 122 valence electrons. The zero-order chi connectivity index (χ0) is 16.5. The third-order valence-corrected chi connectivity index (χ3v) is 5.08. The van der Waals surface area contributed by atoms with Gasteiger partial charge in [0.15, 0.2) is 0 Å². The first-order valence-electron chi connectivity index (χ1n) is 8.14. The Labute approximate surface area is 137 Å². The van der Waals surface area contributed by atoms with Gasteiger partial charge in [-0.1, -0.05) is 24.0 Å². The van der Waals surface area contributed by atoms with E-state index in [0.29, 0.717) is 19.4 Å². The maximum Gasteiger partial charge on any atom is 0.409 e. The molecule has 1 amide bonds. The van der Waals surface area contributed by atoms with Gasteiger partial charge in [-0.15, -0.1) is 0 Å². The number of likely N-dealkylation sites (tertiary alicyclic amines) is 1. The number of amides is 1. The van der Waals surface area contributed by atoms with Gasteiger partial charge in [-0.05, 0) is 43.9 Å². The Morgan fingerprint density at radius 3 is 2.74 bits per heavy atom. The summed E-state index contributed by atoms with van der Waals surface area (Å²) in [7, 11) is 1.41. The highest BCUT2D eigenvalue weighted by molar-refractivity contribution is 5.69. The van der Waals surface area contributed by atoms with Crippen molar-refractivity contribution in [3.63, 3.8) is 0 Å². The highest BCUT2D eigenvalue weighted by Gasteiger charge is 2.53. The molecule has 1 unspecified atom stereocenters. The van der Waals surface area contributed by atoms with Crippen LogP contribution in [0.5, 0.6) is 0 Å². The standard InChI is InChI=1S/C19H23NO3/c1-15-5-3-6-16(13-15)7-10-19(22)11-12-20(17(21)23-2)18(14-19)8-4-9-18/h3,5-6,13,22H,4,8-9,11-12,14H2,1-2H3. The fourth-order valence-corrected chi connectivity index (χ4v) is 3.71. The Hall–Kier alpha value is -1.99. The molecule has 1 atom stereocenters. The van der Waals surface area contributed by atoms with Crippen LogP contribution in [0.15, 0.2) is 24.3 Å². The number of hydrogen-bond donors (Lipinski definition) is 1. The lowest BCUT2D eigenvalue weighted by Crippen LogP contribution is -2.64. The number of aryl methyl sites for hydroxylation is 1.